The largest absolute Gasteiger partial charge is 0.480 e. The fourth-order valence-corrected chi connectivity index (χ4v) is 6.31. The summed E-state index contributed by atoms with van der Waals surface area (Å²) >= 11 is 0. The Bertz CT molecular complexity index is 1700. The Morgan fingerprint density at radius 1 is 0.959 bits per heavy atom. The Morgan fingerprint density at radius 3 is 2.12 bits per heavy atom. The molecular formula is C35H35F3N4O7. The number of rotatable bonds is 9. The third kappa shape index (κ3) is 7.68. The van der Waals surface area contributed by atoms with Gasteiger partial charge in [-0.3, -0.25) is 24.1 Å². The predicted molar refractivity (Wildman–Crippen MR) is 170 cm³/mol. The van der Waals surface area contributed by atoms with Gasteiger partial charge >= 0.3 is 18.2 Å². The van der Waals surface area contributed by atoms with Crippen molar-refractivity contribution in [3.8, 4) is 11.1 Å². The molecule has 2 atom stereocenters. The fraction of sp³-hybridized carbons (Fsp3) is 0.343. The highest BCUT2D eigenvalue weighted by Crippen LogP contribution is 2.44. The molecule has 0 saturated carbocycles. The van der Waals surface area contributed by atoms with E-state index in [0.29, 0.717) is 0 Å². The molecule has 1 fully saturated rings. The number of amides is 4. The summed E-state index contributed by atoms with van der Waals surface area (Å²) in [6.45, 7) is -1.02. The van der Waals surface area contributed by atoms with Gasteiger partial charge in [-0.05, 0) is 39.9 Å². The molecule has 4 amide bonds. The van der Waals surface area contributed by atoms with Crippen LogP contribution in [0.2, 0.25) is 0 Å². The van der Waals surface area contributed by atoms with Crippen molar-refractivity contribution < 1.29 is 47.0 Å². The molecule has 1 saturated heterocycles. The van der Waals surface area contributed by atoms with Crippen molar-refractivity contribution in [3.63, 3.8) is 0 Å². The summed E-state index contributed by atoms with van der Waals surface area (Å²) in [5.74, 6) is -3.67. The van der Waals surface area contributed by atoms with E-state index in [1.165, 1.54) is 26.2 Å². The zero-order chi connectivity index (χ0) is 35.5. The topological polar surface area (TPSA) is 137 Å². The molecule has 0 radical (unpaired) electrons. The number of nitrogens with zero attached hydrogens (tertiary/aromatic N) is 3. The van der Waals surface area contributed by atoms with Crippen molar-refractivity contribution in [2.24, 2.45) is 0 Å². The van der Waals surface area contributed by atoms with Gasteiger partial charge in [0.25, 0.3) is 0 Å². The molecule has 0 aromatic heterocycles. The number of benzene rings is 3. The van der Waals surface area contributed by atoms with Gasteiger partial charge in [-0.15, -0.1) is 0 Å². The molecule has 0 unspecified atom stereocenters. The molecule has 1 aliphatic heterocycles. The van der Waals surface area contributed by atoms with Crippen LogP contribution in [0, 0.1) is 0 Å². The van der Waals surface area contributed by atoms with Crippen molar-refractivity contribution in [1.29, 1.82) is 0 Å². The van der Waals surface area contributed by atoms with E-state index in [1.54, 1.807) is 0 Å². The summed E-state index contributed by atoms with van der Waals surface area (Å²) in [4.78, 5) is 68.5. The van der Waals surface area contributed by atoms with Gasteiger partial charge in [0.15, 0.2) is 0 Å². The molecule has 0 spiro atoms. The normalized spacial score (nSPS) is 16.8. The fourth-order valence-electron chi connectivity index (χ4n) is 6.31. The molecule has 14 heteroatoms. The standard InChI is InChI=1S/C35H35F3N4O7/c1-40(19-31(44)45)32(46)29(17-21-11-13-22(14-12-21)35(36,37)38)42-16-15-39-30(43)18-28(33(42)47)41(2)34(48)49-20-27-25-9-5-3-7-23(25)24-8-4-6-10-26(24)27/h3-14,27-29H,15-20H2,1-2H3,(H,39,43)(H,44,45)/t28-,29-/m0/s1. The van der Waals surface area contributed by atoms with Crippen LogP contribution in [0.3, 0.4) is 0 Å². The Morgan fingerprint density at radius 2 is 1.55 bits per heavy atom. The number of carboxylic acids is 1. The first-order valence-corrected chi connectivity index (χ1v) is 15.5. The highest BCUT2D eigenvalue weighted by molar-refractivity contribution is 5.95. The van der Waals surface area contributed by atoms with E-state index in [4.69, 9.17) is 4.74 Å². The van der Waals surface area contributed by atoms with Gasteiger partial charge in [-0.2, -0.15) is 13.2 Å². The lowest BCUT2D eigenvalue weighted by molar-refractivity contribution is -0.152. The second kappa shape index (κ2) is 14.4. The molecule has 2 aliphatic rings. The summed E-state index contributed by atoms with van der Waals surface area (Å²) < 4.78 is 45.3. The average molecular weight is 681 g/mol. The van der Waals surface area contributed by atoms with Crippen LogP contribution in [0.1, 0.15) is 34.6 Å². The number of hydrogen-bond donors (Lipinski definition) is 2. The zero-order valence-electron chi connectivity index (χ0n) is 26.8. The monoisotopic (exact) mass is 680 g/mol. The highest BCUT2D eigenvalue weighted by atomic mass is 19.4. The van der Waals surface area contributed by atoms with Gasteiger partial charge in [-0.1, -0.05) is 60.7 Å². The lowest BCUT2D eigenvalue weighted by Gasteiger charge is -2.38. The van der Waals surface area contributed by atoms with E-state index >= 15 is 0 Å². The number of alkyl halides is 3. The van der Waals surface area contributed by atoms with E-state index in [1.807, 2.05) is 48.5 Å². The Kier molecular flexibility index (Phi) is 10.2. The summed E-state index contributed by atoms with van der Waals surface area (Å²) in [7, 11) is 2.53. The SMILES string of the molecule is CN(CC(=O)O)C(=O)[C@H](Cc1ccc(C(F)(F)F)cc1)N1CCNC(=O)C[C@H](N(C)C(=O)OCC2c3ccccc3-c3ccccc32)C1=O. The number of fused-ring (bicyclic) bond motifs is 3. The number of likely N-dealkylation sites (N-methyl/N-ethyl adjacent to an activating group) is 2. The summed E-state index contributed by atoms with van der Waals surface area (Å²) in [6, 6.07) is 16.8. The molecular weight excluding hydrogens is 645 g/mol. The van der Waals surface area contributed by atoms with E-state index < -0.39 is 66.6 Å². The molecule has 3 aromatic rings. The van der Waals surface area contributed by atoms with Gasteiger partial charge in [0, 0.05) is 39.5 Å². The number of halogens is 3. The molecule has 258 valence electrons. The lowest BCUT2D eigenvalue weighted by Crippen LogP contribution is -2.60. The Labute approximate surface area is 280 Å². The number of nitrogens with one attached hydrogen (secondary N) is 1. The second-order valence-electron chi connectivity index (χ2n) is 12.0. The van der Waals surface area contributed by atoms with Crippen LogP contribution in [0.4, 0.5) is 18.0 Å². The third-order valence-corrected chi connectivity index (χ3v) is 8.83. The summed E-state index contributed by atoms with van der Waals surface area (Å²) in [6.07, 6.45) is -6.20. The number of hydrogen-bond acceptors (Lipinski definition) is 6. The molecule has 2 N–H and O–H groups in total. The quantitative estimate of drug-likeness (QED) is 0.351. The summed E-state index contributed by atoms with van der Waals surface area (Å²) in [5.41, 5.74) is 3.36. The molecule has 5 rings (SSSR count). The Hall–Kier alpha value is -5.40. The molecule has 49 heavy (non-hydrogen) atoms. The molecule has 11 nitrogen and oxygen atoms in total. The number of carbonyl (C=O) groups excluding carboxylic acids is 4. The lowest BCUT2D eigenvalue weighted by atomic mass is 9.98. The van der Waals surface area contributed by atoms with Gasteiger partial charge < -0.3 is 25.0 Å². The van der Waals surface area contributed by atoms with Crippen molar-refractivity contribution in [1.82, 2.24) is 20.0 Å². The molecule has 3 aromatic carbocycles. The number of ether oxygens (including phenoxy) is 1. The van der Waals surface area contributed by atoms with Crippen LogP contribution < -0.4 is 5.32 Å². The van der Waals surface area contributed by atoms with E-state index in [9.17, 15) is 42.3 Å². The van der Waals surface area contributed by atoms with Crippen molar-refractivity contribution in [3.05, 3.63) is 95.1 Å². The third-order valence-electron chi connectivity index (χ3n) is 8.83. The first-order valence-electron chi connectivity index (χ1n) is 15.5. The van der Waals surface area contributed by atoms with Crippen molar-refractivity contribution in [2.45, 2.75) is 37.0 Å². The molecule has 1 heterocycles. The van der Waals surface area contributed by atoms with Crippen LogP contribution in [0.5, 0.6) is 0 Å². The van der Waals surface area contributed by atoms with Gasteiger partial charge in [0.05, 0.1) is 12.0 Å². The van der Waals surface area contributed by atoms with Crippen LogP contribution in [-0.4, -0.2) is 102 Å². The maximum atomic E-state index is 14.2. The van der Waals surface area contributed by atoms with Gasteiger partial charge in [0.2, 0.25) is 17.7 Å². The van der Waals surface area contributed by atoms with Crippen LogP contribution >= 0.6 is 0 Å². The molecule has 1 aliphatic carbocycles. The first kappa shape index (κ1) is 34.9. The van der Waals surface area contributed by atoms with E-state index in [2.05, 4.69) is 5.32 Å². The van der Waals surface area contributed by atoms with Crippen LogP contribution in [-0.2, 0) is 36.5 Å². The predicted octanol–water partition coefficient (Wildman–Crippen LogP) is 3.76. The van der Waals surface area contributed by atoms with Gasteiger partial charge in [0.1, 0.15) is 25.2 Å². The number of carbonyl (C=O) groups is 5. The molecule has 0 bridgehead atoms. The number of carboxylic acid groups (broad SMARTS) is 1. The smallest absolute Gasteiger partial charge is 0.416 e. The first-order chi connectivity index (χ1) is 23.3. The minimum atomic E-state index is -4.59. The maximum absolute atomic E-state index is 14.2. The second-order valence-corrected chi connectivity index (χ2v) is 12.0. The van der Waals surface area contributed by atoms with E-state index in [0.717, 1.165) is 49.1 Å². The average Bonchev–Trinajstić information content (AvgIpc) is 3.38. The summed E-state index contributed by atoms with van der Waals surface area (Å²) in [5, 5.41) is 12.0. The maximum Gasteiger partial charge on any atom is 0.416 e. The minimum absolute atomic E-state index is 0.0525. The minimum Gasteiger partial charge on any atom is -0.480 e. The van der Waals surface area contributed by atoms with Crippen molar-refractivity contribution >= 4 is 29.8 Å². The van der Waals surface area contributed by atoms with E-state index in [-0.39, 0.29) is 37.6 Å². The van der Waals surface area contributed by atoms with Crippen LogP contribution in [0.15, 0.2) is 72.8 Å². The number of aliphatic carboxylic acids is 1. The van der Waals surface area contributed by atoms with Crippen molar-refractivity contribution in [2.75, 3.05) is 40.3 Å². The zero-order valence-corrected chi connectivity index (χ0v) is 26.8. The van der Waals surface area contributed by atoms with Gasteiger partial charge in [-0.25, -0.2) is 4.79 Å². The Balaban J connectivity index is 1.39. The van der Waals surface area contributed by atoms with Crippen LogP contribution in [0.25, 0.3) is 11.1 Å². The highest BCUT2D eigenvalue weighted by Gasteiger charge is 2.41.